The molecule has 0 radical (unpaired) electrons. The minimum atomic E-state index is -0.564. The van der Waals surface area contributed by atoms with E-state index in [1.54, 1.807) is 4.90 Å². The third-order valence-corrected chi connectivity index (χ3v) is 6.15. The fraction of sp³-hybridized carbons (Fsp3) is 0.591. The molecular weight excluding hydrogens is 356 g/mol. The molecule has 3 atom stereocenters. The molecule has 0 spiro atoms. The summed E-state index contributed by atoms with van der Waals surface area (Å²) in [7, 11) is 0. The molecular formula is C22H28N2O4. The normalized spacial score (nSPS) is 27.7. The van der Waals surface area contributed by atoms with E-state index in [-0.39, 0.29) is 30.2 Å². The summed E-state index contributed by atoms with van der Waals surface area (Å²) in [6, 6.07) is 5.38. The number of carbonyl (C=O) groups excluding carboxylic acids is 3. The maximum absolute atomic E-state index is 12.8. The SMILES string of the molecule is CCCC[C@@H]1CCC[C@H](c2ccc3c(c2)CN(C2CCC(=O)NC2=O)C3=O)O1. The maximum atomic E-state index is 12.8. The number of hydrogen-bond donors (Lipinski definition) is 1. The van der Waals surface area contributed by atoms with Crippen LogP contribution in [0.5, 0.6) is 0 Å². The Labute approximate surface area is 165 Å². The molecule has 1 aromatic rings. The van der Waals surface area contributed by atoms with Crippen molar-refractivity contribution in [2.75, 3.05) is 0 Å². The van der Waals surface area contributed by atoms with E-state index >= 15 is 0 Å². The van der Waals surface area contributed by atoms with Crippen LogP contribution < -0.4 is 5.32 Å². The minimum Gasteiger partial charge on any atom is -0.370 e. The van der Waals surface area contributed by atoms with Crippen molar-refractivity contribution in [1.29, 1.82) is 0 Å². The molecule has 1 aromatic carbocycles. The molecule has 0 aromatic heterocycles. The van der Waals surface area contributed by atoms with Crippen LogP contribution in [-0.4, -0.2) is 34.8 Å². The van der Waals surface area contributed by atoms with E-state index in [0.29, 0.717) is 24.6 Å². The number of nitrogens with one attached hydrogen (secondary N) is 1. The third kappa shape index (κ3) is 3.70. The number of carbonyl (C=O) groups is 3. The van der Waals surface area contributed by atoms with Crippen LogP contribution >= 0.6 is 0 Å². The van der Waals surface area contributed by atoms with Crippen molar-refractivity contribution in [3.63, 3.8) is 0 Å². The number of fused-ring (bicyclic) bond motifs is 1. The lowest BCUT2D eigenvalue weighted by Gasteiger charge is -2.30. The fourth-order valence-corrected chi connectivity index (χ4v) is 4.58. The topological polar surface area (TPSA) is 75.7 Å². The van der Waals surface area contributed by atoms with Gasteiger partial charge in [-0.05, 0) is 49.3 Å². The number of unbranched alkanes of at least 4 members (excludes halogenated alkanes) is 1. The molecule has 3 aliphatic rings. The fourth-order valence-electron chi connectivity index (χ4n) is 4.58. The number of hydrogen-bond acceptors (Lipinski definition) is 4. The first-order chi connectivity index (χ1) is 13.6. The van der Waals surface area contributed by atoms with E-state index in [2.05, 4.69) is 18.3 Å². The summed E-state index contributed by atoms with van der Waals surface area (Å²) in [5.74, 6) is -0.756. The van der Waals surface area contributed by atoms with Crippen molar-refractivity contribution in [3.05, 3.63) is 34.9 Å². The molecule has 150 valence electrons. The van der Waals surface area contributed by atoms with Crippen LogP contribution in [0.15, 0.2) is 18.2 Å². The van der Waals surface area contributed by atoms with Gasteiger partial charge in [-0.3, -0.25) is 19.7 Å². The van der Waals surface area contributed by atoms with Crippen molar-refractivity contribution in [2.24, 2.45) is 0 Å². The quantitative estimate of drug-likeness (QED) is 0.791. The van der Waals surface area contributed by atoms with Gasteiger partial charge in [0, 0.05) is 18.5 Å². The first-order valence-corrected chi connectivity index (χ1v) is 10.5. The number of piperidine rings is 1. The Morgan fingerprint density at radius 1 is 1.18 bits per heavy atom. The zero-order valence-corrected chi connectivity index (χ0v) is 16.4. The van der Waals surface area contributed by atoms with Crippen molar-refractivity contribution in [1.82, 2.24) is 10.2 Å². The van der Waals surface area contributed by atoms with Crippen LogP contribution in [0.1, 0.15) is 85.9 Å². The molecule has 2 fully saturated rings. The lowest BCUT2D eigenvalue weighted by Crippen LogP contribution is -2.52. The van der Waals surface area contributed by atoms with Gasteiger partial charge in [0.2, 0.25) is 11.8 Å². The summed E-state index contributed by atoms with van der Waals surface area (Å²) < 4.78 is 6.33. The highest BCUT2D eigenvalue weighted by atomic mass is 16.5. The molecule has 0 saturated carbocycles. The van der Waals surface area contributed by atoms with E-state index in [0.717, 1.165) is 36.8 Å². The van der Waals surface area contributed by atoms with E-state index < -0.39 is 6.04 Å². The molecule has 6 heteroatoms. The zero-order chi connectivity index (χ0) is 19.7. The molecule has 1 N–H and O–H groups in total. The average Bonchev–Trinajstić information content (AvgIpc) is 3.02. The number of nitrogens with zero attached hydrogens (tertiary/aromatic N) is 1. The first kappa shape index (κ1) is 19.1. The third-order valence-electron chi connectivity index (χ3n) is 6.15. The molecule has 28 heavy (non-hydrogen) atoms. The van der Waals surface area contributed by atoms with Crippen LogP contribution in [0, 0.1) is 0 Å². The number of imide groups is 1. The number of benzene rings is 1. The molecule has 0 bridgehead atoms. The predicted molar refractivity (Wildman–Crippen MR) is 103 cm³/mol. The second kappa shape index (κ2) is 8.03. The maximum Gasteiger partial charge on any atom is 0.255 e. The smallest absolute Gasteiger partial charge is 0.255 e. The number of amides is 3. The van der Waals surface area contributed by atoms with E-state index in [4.69, 9.17) is 4.74 Å². The van der Waals surface area contributed by atoms with Crippen molar-refractivity contribution in [3.8, 4) is 0 Å². The van der Waals surface area contributed by atoms with Gasteiger partial charge in [0.15, 0.2) is 0 Å². The van der Waals surface area contributed by atoms with Crippen LogP contribution in [-0.2, 0) is 20.9 Å². The van der Waals surface area contributed by atoms with Crippen LogP contribution in [0.4, 0.5) is 0 Å². The molecule has 3 aliphatic heterocycles. The predicted octanol–water partition coefficient (Wildman–Crippen LogP) is 3.25. The Morgan fingerprint density at radius 2 is 2.04 bits per heavy atom. The van der Waals surface area contributed by atoms with Gasteiger partial charge in [-0.1, -0.05) is 31.9 Å². The Kier molecular flexibility index (Phi) is 5.49. The summed E-state index contributed by atoms with van der Waals surface area (Å²) in [5.41, 5.74) is 2.73. The van der Waals surface area contributed by atoms with Crippen molar-refractivity contribution in [2.45, 2.75) is 83.1 Å². The Balaban J connectivity index is 1.48. The molecule has 3 amide bonds. The van der Waals surface area contributed by atoms with Gasteiger partial charge < -0.3 is 9.64 Å². The zero-order valence-electron chi connectivity index (χ0n) is 16.4. The van der Waals surface area contributed by atoms with Gasteiger partial charge in [-0.2, -0.15) is 0 Å². The standard InChI is InChI=1S/C22H28N2O4/c1-2-3-5-16-6-4-7-19(28-16)14-8-9-17-15(12-14)13-24(22(17)27)18-10-11-20(25)23-21(18)26/h8-9,12,16,18-19H,2-7,10-11,13H2,1H3,(H,23,25,26)/t16-,18?,19-/m1/s1. The first-order valence-electron chi connectivity index (χ1n) is 10.5. The highest BCUT2D eigenvalue weighted by Crippen LogP contribution is 2.36. The van der Waals surface area contributed by atoms with E-state index in [9.17, 15) is 14.4 Å². The van der Waals surface area contributed by atoms with E-state index in [1.807, 2.05) is 12.1 Å². The summed E-state index contributed by atoms with van der Waals surface area (Å²) in [6.07, 6.45) is 7.86. The molecule has 1 unspecified atom stereocenters. The van der Waals surface area contributed by atoms with Gasteiger partial charge >= 0.3 is 0 Å². The van der Waals surface area contributed by atoms with Gasteiger partial charge in [0.05, 0.1) is 12.2 Å². The summed E-state index contributed by atoms with van der Waals surface area (Å²) in [4.78, 5) is 38.0. The molecule has 6 nitrogen and oxygen atoms in total. The second-order valence-corrected chi connectivity index (χ2v) is 8.14. The van der Waals surface area contributed by atoms with Crippen LogP contribution in [0.25, 0.3) is 0 Å². The number of ether oxygens (including phenoxy) is 1. The Morgan fingerprint density at radius 3 is 2.82 bits per heavy atom. The van der Waals surface area contributed by atoms with Gasteiger partial charge in [-0.25, -0.2) is 0 Å². The van der Waals surface area contributed by atoms with Gasteiger partial charge in [0.25, 0.3) is 5.91 Å². The second-order valence-electron chi connectivity index (χ2n) is 8.14. The highest BCUT2D eigenvalue weighted by Gasteiger charge is 2.39. The van der Waals surface area contributed by atoms with Crippen molar-refractivity contribution >= 4 is 17.7 Å². The monoisotopic (exact) mass is 384 g/mol. The summed E-state index contributed by atoms with van der Waals surface area (Å²) in [6.45, 7) is 2.62. The van der Waals surface area contributed by atoms with Crippen LogP contribution in [0.2, 0.25) is 0 Å². The Hall–Kier alpha value is -2.21. The van der Waals surface area contributed by atoms with Crippen LogP contribution in [0.3, 0.4) is 0 Å². The van der Waals surface area contributed by atoms with Crippen molar-refractivity contribution < 1.29 is 19.1 Å². The van der Waals surface area contributed by atoms with Gasteiger partial charge in [0.1, 0.15) is 6.04 Å². The summed E-state index contributed by atoms with van der Waals surface area (Å²) in [5, 5.41) is 2.35. The average molecular weight is 384 g/mol. The lowest BCUT2D eigenvalue weighted by molar-refractivity contribution is -0.136. The summed E-state index contributed by atoms with van der Waals surface area (Å²) >= 11 is 0. The molecule has 0 aliphatic carbocycles. The van der Waals surface area contributed by atoms with E-state index in [1.165, 1.54) is 12.8 Å². The minimum absolute atomic E-state index is 0.0839. The highest BCUT2D eigenvalue weighted by molar-refractivity contribution is 6.05. The lowest BCUT2D eigenvalue weighted by atomic mass is 9.94. The molecule has 4 rings (SSSR count). The molecule has 3 heterocycles. The van der Waals surface area contributed by atoms with Gasteiger partial charge in [-0.15, -0.1) is 0 Å². The Bertz CT molecular complexity index is 791. The largest absolute Gasteiger partial charge is 0.370 e. The number of rotatable bonds is 5. The molecule has 2 saturated heterocycles.